The third kappa shape index (κ3) is 2.83. The topological polar surface area (TPSA) is 47.6 Å². The van der Waals surface area contributed by atoms with E-state index in [0.717, 1.165) is 42.1 Å². The number of hydrogen-bond acceptors (Lipinski definition) is 4. The average molecular weight is 295 g/mol. The van der Waals surface area contributed by atoms with Gasteiger partial charge in [0, 0.05) is 28.7 Å². The van der Waals surface area contributed by atoms with E-state index in [9.17, 15) is 4.21 Å². The van der Waals surface area contributed by atoms with E-state index in [0.29, 0.717) is 19.3 Å². The molecule has 3 rings (SSSR count). The first-order valence-electron chi connectivity index (χ1n) is 7.25. The molecule has 4 nitrogen and oxygen atoms in total. The Morgan fingerprint density at radius 1 is 1.20 bits per heavy atom. The number of hydrogen-bond donors (Lipinski definition) is 1. The van der Waals surface area contributed by atoms with E-state index < -0.39 is 10.8 Å². The Hall–Kier alpha value is -1.07. The normalized spacial score (nSPS) is 27.1. The van der Waals surface area contributed by atoms with Gasteiger partial charge in [-0.2, -0.15) is 0 Å². The molecule has 3 unspecified atom stereocenters. The highest BCUT2D eigenvalue weighted by molar-refractivity contribution is 7.85. The van der Waals surface area contributed by atoms with Gasteiger partial charge < -0.3 is 14.8 Å². The van der Waals surface area contributed by atoms with Crippen LogP contribution in [0.25, 0.3) is 0 Å². The van der Waals surface area contributed by atoms with Gasteiger partial charge in [0.15, 0.2) is 11.5 Å². The molecule has 0 bridgehead atoms. The van der Waals surface area contributed by atoms with Crippen LogP contribution < -0.4 is 14.8 Å². The Morgan fingerprint density at radius 3 is 2.75 bits per heavy atom. The van der Waals surface area contributed by atoms with Gasteiger partial charge in [-0.05, 0) is 38.4 Å². The van der Waals surface area contributed by atoms with Crippen molar-refractivity contribution in [2.75, 3.05) is 20.3 Å². The number of benzene rings is 1. The first kappa shape index (κ1) is 13.9. The summed E-state index contributed by atoms with van der Waals surface area (Å²) in [6.07, 6.45) is 4.00. The quantitative estimate of drug-likeness (QED) is 0.927. The predicted molar refractivity (Wildman–Crippen MR) is 78.9 cm³/mol. The van der Waals surface area contributed by atoms with Crippen LogP contribution in [0.2, 0.25) is 0 Å². The average Bonchev–Trinajstić information content (AvgIpc) is 2.84. The molecule has 1 saturated carbocycles. The van der Waals surface area contributed by atoms with Crippen molar-refractivity contribution in [3.05, 3.63) is 18.2 Å². The minimum absolute atomic E-state index is 0.247. The fourth-order valence-electron chi connectivity index (χ4n) is 2.86. The lowest BCUT2D eigenvalue weighted by Gasteiger charge is -2.13. The Bertz CT molecular complexity index is 506. The lowest BCUT2D eigenvalue weighted by Crippen LogP contribution is -2.23. The Kier molecular flexibility index (Phi) is 4.27. The molecule has 110 valence electrons. The van der Waals surface area contributed by atoms with Crippen molar-refractivity contribution in [3.8, 4) is 11.5 Å². The molecule has 1 fully saturated rings. The van der Waals surface area contributed by atoms with Gasteiger partial charge in [0.2, 0.25) is 0 Å². The fourth-order valence-corrected chi connectivity index (χ4v) is 4.43. The van der Waals surface area contributed by atoms with Gasteiger partial charge in [-0.3, -0.25) is 4.21 Å². The van der Waals surface area contributed by atoms with E-state index in [1.165, 1.54) is 0 Å². The van der Waals surface area contributed by atoms with Crippen molar-refractivity contribution < 1.29 is 13.7 Å². The Morgan fingerprint density at radius 2 is 2.00 bits per heavy atom. The molecule has 1 aromatic rings. The largest absolute Gasteiger partial charge is 0.490 e. The number of fused-ring (bicyclic) bond motifs is 1. The molecular weight excluding hydrogens is 274 g/mol. The molecule has 2 aliphatic rings. The summed E-state index contributed by atoms with van der Waals surface area (Å²) in [5, 5.41) is 3.53. The van der Waals surface area contributed by atoms with Crippen molar-refractivity contribution in [2.45, 2.75) is 41.9 Å². The van der Waals surface area contributed by atoms with Crippen LogP contribution in [0, 0.1) is 0 Å². The summed E-state index contributed by atoms with van der Waals surface area (Å²) in [5.74, 6) is 1.50. The molecular formula is C15H21NO3S. The summed E-state index contributed by atoms with van der Waals surface area (Å²) >= 11 is 0. The second-order valence-corrected chi connectivity index (χ2v) is 7.11. The Balaban J connectivity index is 1.77. The summed E-state index contributed by atoms with van der Waals surface area (Å²) in [4.78, 5) is 0.857. The van der Waals surface area contributed by atoms with Crippen molar-refractivity contribution in [1.82, 2.24) is 5.32 Å². The number of rotatable bonds is 3. The van der Waals surface area contributed by atoms with Gasteiger partial charge in [0.05, 0.1) is 24.0 Å². The third-order valence-corrected chi connectivity index (χ3v) is 5.80. The maximum absolute atomic E-state index is 12.7. The van der Waals surface area contributed by atoms with E-state index in [-0.39, 0.29) is 5.25 Å². The van der Waals surface area contributed by atoms with Crippen LogP contribution in [0.5, 0.6) is 11.5 Å². The molecule has 5 heteroatoms. The molecule has 3 atom stereocenters. The van der Waals surface area contributed by atoms with Crippen LogP contribution in [0.15, 0.2) is 23.1 Å². The third-order valence-electron chi connectivity index (χ3n) is 4.05. The smallest absolute Gasteiger partial charge is 0.162 e. The zero-order valence-corrected chi connectivity index (χ0v) is 12.6. The number of nitrogens with one attached hydrogen (secondary N) is 1. The van der Waals surface area contributed by atoms with E-state index in [1.807, 2.05) is 25.2 Å². The van der Waals surface area contributed by atoms with Gasteiger partial charge in [-0.15, -0.1) is 0 Å². The fraction of sp³-hybridized carbons (Fsp3) is 0.600. The van der Waals surface area contributed by atoms with Crippen molar-refractivity contribution in [1.29, 1.82) is 0 Å². The zero-order chi connectivity index (χ0) is 13.9. The van der Waals surface area contributed by atoms with Crippen molar-refractivity contribution in [2.24, 2.45) is 0 Å². The lowest BCUT2D eigenvalue weighted by molar-refractivity contribution is 0.297. The Labute approximate surface area is 122 Å². The van der Waals surface area contributed by atoms with Gasteiger partial charge in [-0.25, -0.2) is 0 Å². The van der Waals surface area contributed by atoms with Gasteiger partial charge >= 0.3 is 0 Å². The van der Waals surface area contributed by atoms with Crippen LogP contribution in [0.1, 0.15) is 25.7 Å². The standard InChI is InChI=1S/C15H21NO3S/c1-16-11-3-4-12(9-11)20(17)13-5-6-14-15(10-13)19-8-2-7-18-14/h5-6,10-12,16H,2-4,7-9H2,1H3. The summed E-state index contributed by atoms with van der Waals surface area (Å²) in [7, 11) is 1.02. The van der Waals surface area contributed by atoms with Gasteiger partial charge in [0.25, 0.3) is 0 Å². The minimum atomic E-state index is -0.960. The summed E-state index contributed by atoms with van der Waals surface area (Å²) in [5.41, 5.74) is 0. The SMILES string of the molecule is CNC1CCC(S(=O)c2ccc3c(c2)OCCCO3)C1. The van der Waals surface area contributed by atoms with Crippen LogP contribution >= 0.6 is 0 Å². The molecule has 0 aromatic heterocycles. The molecule has 0 amide bonds. The molecule has 20 heavy (non-hydrogen) atoms. The molecule has 1 heterocycles. The predicted octanol–water partition coefficient (Wildman–Crippen LogP) is 2.10. The van der Waals surface area contributed by atoms with Crippen LogP contribution in [-0.4, -0.2) is 35.8 Å². The highest BCUT2D eigenvalue weighted by Crippen LogP contribution is 2.34. The summed E-state index contributed by atoms with van der Waals surface area (Å²) in [6.45, 7) is 1.34. The summed E-state index contributed by atoms with van der Waals surface area (Å²) < 4.78 is 23.9. The molecule has 0 spiro atoms. The van der Waals surface area contributed by atoms with Crippen molar-refractivity contribution in [3.63, 3.8) is 0 Å². The molecule has 1 aliphatic heterocycles. The molecule has 1 aromatic carbocycles. The second kappa shape index (κ2) is 6.14. The summed E-state index contributed by atoms with van der Waals surface area (Å²) in [6, 6.07) is 6.20. The molecule has 0 radical (unpaired) electrons. The molecule has 0 saturated heterocycles. The maximum atomic E-state index is 12.7. The highest BCUT2D eigenvalue weighted by atomic mass is 32.2. The number of ether oxygens (including phenoxy) is 2. The first-order chi connectivity index (χ1) is 9.78. The van der Waals surface area contributed by atoms with Crippen LogP contribution in [0.3, 0.4) is 0 Å². The molecule has 1 aliphatic carbocycles. The van der Waals surface area contributed by atoms with Crippen LogP contribution in [0.4, 0.5) is 0 Å². The van der Waals surface area contributed by atoms with E-state index >= 15 is 0 Å². The minimum Gasteiger partial charge on any atom is -0.490 e. The van der Waals surface area contributed by atoms with Crippen molar-refractivity contribution >= 4 is 10.8 Å². The zero-order valence-electron chi connectivity index (χ0n) is 11.8. The lowest BCUT2D eigenvalue weighted by atomic mass is 10.3. The van der Waals surface area contributed by atoms with E-state index in [2.05, 4.69) is 5.32 Å². The van der Waals surface area contributed by atoms with Crippen LogP contribution in [-0.2, 0) is 10.8 Å². The highest BCUT2D eigenvalue weighted by Gasteiger charge is 2.29. The monoisotopic (exact) mass is 295 g/mol. The first-order valence-corrected chi connectivity index (χ1v) is 8.46. The van der Waals surface area contributed by atoms with Gasteiger partial charge in [0.1, 0.15) is 0 Å². The molecule has 1 N–H and O–H groups in total. The van der Waals surface area contributed by atoms with Gasteiger partial charge in [-0.1, -0.05) is 0 Å². The van der Waals surface area contributed by atoms with E-state index in [4.69, 9.17) is 9.47 Å². The van der Waals surface area contributed by atoms with E-state index in [1.54, 1.807) is 0 Å². The maximum Gasteiger partial charge on any atom is 0.162 e. The second-order valence-electron chi connectivity index (χ2n) is 5.38.